The average Bonchev–Trinajstić information content (AvgIpc) is 3.51. The number of guanidine groups is 1. The fraction of sp³-hybridized carbons (Fsp3) is 0.542. The Morgan fingerprint density at radius 3 is 2.84 bits per heavy atom. The zero-order valence-corrected chi connectivity index (χ0v) is 19.1. The lowest BCUT2D eigenvalue weighted by molar-refractivity contribution is 0.156. The molecule has 2 aromatic rings. The molecular formula is C24H33N7O. The molecule has 1 aromatic heterocycles. The van der Waals surface area contributed by atoms with E-state index in [0.29, 0.717) is 29.8 Å². The number of nitrogens with one attached hydrogen (secondary N) is 1. The van der Waals surface area contributed by atoms with Gasteiger partial charge in [0.05, 0.1) is 18.0 Å². The quantitative estimate of drug-likeness (QED) is 0.411. The highest BCUT2D eigenvalue weighted by Gasteiger charge is 2.42. The maximum atomic E-state index is 9.63. The van der Waals surface area contributed by atoms with Crippen molar-refractivity contribution in [3.63, 3.8) is 0 Å². The van der Waals surface area contributed by atoms with Crippen molar-refractivity contribution in [1.82, 2.24) is 20.0 Å². The third-order valence-corrected chi connectivity index (χ3v) is 6.47. The molecule has 2 aliphatic rings. The van der Waals surface area contributed by atoms with Crippen molar-refractivity contribution in [2.24, 2.45) is 10.4 Å². The second-order valence-corrected chi connectivity index (χ2v) is 8.88. The number of hydrogen-bond donors (Lipinski definition) is 2. The number of nitrogens with zero attached hydrogens (tertiary/aromatic N) is 5. The first-order chi connectivity index (χ1) is 15.5. The van der Waals surface area contributed by atoms with Crippen molar-refractivity contribution >= 4 is 11.8 Å². The molecule has 32 heavy (non-hydrogen) atoms. The summed E-state index contributed by atoms with van der Waals surface area (Å²) in [6, 6.07) is 10.2. The number of aromatic nitrogens is 2. The van der Waals surface area contributed by atoms with Crippen LogP contribution in [0.4, 0.5) is 5.82 Å². The van der Waals surface area contributed by atoms with E-state index in [2.05, 4.69) is 28.3 Å². The molecule has 8 nitrogen and oxygen atoms in total. The Morgan fingerprint density at radius 1 is 1.34 bits per heavy atom. The summed E-state index contributed by atoms with van der Waals surface area (Å²) in [6.07, 6.45) is 3.77. The van der Waals surface area contributed by atoms with Gasteiger partial charge in [0.15, 0.2) is 5.96 Å². The molecule has 8 heteroatoms. The third kappa shape index (κ3) is 4.58. The molecule has 0 aliphatic carbocycles. The van der Waals surface area contributed by atoms with Crippen LogP contribution in [0.1, 0.15) is 43.0 Å². The Hall–Kier alpha value is -3.05. The molecule has 2 aliphatic heterocycles. The second kappa shape index (κ2) is 9.61. The van der Waals surface area contributed by atoms with Gasteiger partial charge in [0.1, 0.15) is 17.5 Å². The van der Waals surface area contributed by atoms with Crippen LogP contribution in [0.5, 0.6) is 0 Å². The van der Waals surface area contributed by atoms with Crippen LogP contribution >= 0.6 is 0 Å². The van der Waals surface area contributed by atoms with Gasteiger partial charge in [0, 0.05) is 38.2 Å². The van der Waals surface area contributed by atoms with Gasteiger partial charge in [-0.1, -0.05) is 17.7 Å². The van der Waals surface area contributed by atoms with E-state index >= 15 is 0 Å². The van der Waals surface area contributed by atoms with E-state index in [1.807, 2.05) is 31.2 Å². The van der Waals surface area contributed by atoms with Crippen LogP contribution in [-0.2, 0) is 11.2 Å². The molecule has 1 atom stereocenters. The monoisotopic (exact) mass is 435 g/mol. The van der Waals surface area contributed by atoms with Crippen molar-refractivity contribution in [2.45, 2.75) is 39.5 Å². The van der Waals surface area contributed by atoms with Crippen LogP contribution in [0, 0.1) is 23.7 Å². The SMILES string of the molecule is CCNC(=NCCCc1nn(-c2ccc(C)cc2)c(N)c1C#N)N1CCC2(CCOC2)C1. The number of likely N-dealkylation sites (tertiary alicyclic amines) is 1. The molecule has 1 aromatic carbocycles. The van der Waals surface area contributed by atoms with Crippen LogP contribution < -0.4 is 11.1 Å². The van der Waals surface area contributed by atoms with Gasteiger partial charge >= 0.3 is 0 Å². The lowest BCUT2D eigenvalue weighted by Gasteiger charge is -2.25. The number of ether oxygens (including phenoxy) is 1. The predicted octanol–water partition coefficient (Wildman–Crippen LogP) is 2.65. The van der Waals surface area contributed by atoms with E-state index in [4.69, 9.17) is 15.5 Å². The van der Waals surface area contributed by atoms with Crippen LogP contribution in [-0.4, -0.2) is 60.0 Å². The number of nitrogen functional groups attached to an aromatic ring is 1. The highest BCUT2D eigenvalue weighted by Crippen LogP contribution is 2.38. The number of nitriles is 1. The fourth-order valence-electron chi connectivity index (χ4n) is 4.60. The third-order valence-electron chi connectivity index (χ3n) is 6.47. The number of hydrogen-bond acceptors (Lipinski definition) is 5. The minimum atomic E-state index is 0.304. The van der Waals surface area contributed by atoms with Crippen LogP contribution in [0.15, 0.2) is 29.3 Å². The highest BCUT2D eigenvalue weighted by molar-refractivity contribution is 5.80. The summed E-state index contributed by atoms with van der Waals surface area (Å²) in [4.78, 5) is 7.22. The normalized spacial score (nSPS) is 20.8. The van der Waals surface area contributed by atoms with Gasteiger partial charge in [0.2, 0.25) is 0 Å². The molecule has 1 unspecified atom stereocenters. The Labute approximate surface area is 190 Å². The van der Waals surface area contributed by atoms with E-state index in [1.165, 1.54) is 12.0 Å². The molecular weight excluding hydrogens is 402 g/mol. The molecule has 3 N–H and O–H groups in total. The van der Waals surface area contributed by atoms with Crippen molar-refractivity contribution in [2.75, 3.05) is 45.1 Å². The van der Waals surface area contributed by atoms with E-state index in [0.717, 1.165) is 63.0 Å². The fourth-order valence-corrected chi connectivity index (χ4v) is 4.60. The van der Waals surface area contributed by atoms with Gasteiger partial charge in [-0.25, -0.2) is 4.68 Å². The number of aryl methyl sites for hydroxylation is 2. The summed E-state index contributed by atoms with van der Waals surface area (Å²) >= 11 is 0. The zero-order valence-electron chi connectivity index (χ0n) is 19.1. The number of aliphatic imine (C=N–C) groups is 1. The largest absolute Gasteiger partial charge is 0.382 e. The maximum Gasteiger partial charge on any atom is 0.193 e. The molecule has 2 fully saturated rings. The molecule has 0 saturated carbocycles. The summed E-state index contributed by atoms with van der Waals surface area (Å²) in [6.45, 7) is 9.42. The Morgan fingerprint density at radius 2 is 2.16 bits per heavy atom. The highest BCUT2D eigenvalue weighted by atomic mass is 16.5. The van der Waals surface area contributed by atoms with E-state index in [1.54, 1.807) is 4.68 Å². The molecule has 1 spiro atoms. The van der Waals surface area contributed by atoms with E-state index in [-0.39, 0.29) is 0 Å². The minimum Gasteiger partial charge on any atom is -0.382 e. The molecule has 0 amide bonds. The predicted molar refractivity (Wildman–Crippen MR) is 126 cm³/mol. The minimum absolute atomic E-state index is 0.304. The van der Waals surface area contributed by atoms with Crippen molar-refractivity contribution < 1.29 is 4.74 Å². The molecule has 2 saturated heterocycles. The summed E-state index contributed by atoms with van der Waals surface area (Å²) in [7, 11) is 0. The molecule has 3 heterocycles. The van der Waals surface area contributed by atoms with Crippen LogP contribution in [0.3, 0.4) is 0 Å². The summed E-state index contributed by atoms with van der Waals surface area (Å²) < 4.78 is 7.32. The Balaban J connectivity index is 1.40. The first-order valence-corrected chi connectivity index (χ1v) is 11.5. The molecule has 170 valence electrons. The van der Waals surface area contributed by atoms with E-state index in [9.17, 15) is 5.26 Å². The van der Waals surface area contributed by atoms with Gasteiger partial charge in [-0.15, -0.1) is 0 Å². The van der Waals surface area contributed by atoms with Crippen molar-refractivity contribution in [3.8, 4) is 11.8 Å². The number of benzene rings is 1. The van der Waals surface area contributed by atoms with E-state index < -0.39 is 0 Å². The summed E-state index contributed by atoms with van der Waals surface area (Å²) in [5.41, 5.74) is 9.77. The van der Waals surface area contributed by atoms with Crippen molar-refractivity contribution in [1.29, 1.82) is 5.26 Å². The first-order valence-electron chi connectivity index (χ1n) is 11.5. The summed E-state index contributed by atoms with van der Waals surface area (Å²) in [5, 5.41) is 17.7. The van der Waals surface area contributed by atoms with Crippen molar-refractivity contribution in [3.05, 3.63) is 41.1 Å². The molecule has 0 bridgehead atoms. The lowest BCUT2D eigenvalue weighted by Crippen LogP contribution is -2.41. The van der Waals surface area contributed by atoms with Gasteiger partial charge in [-0.05, 0) is 51.7 Å². The number of nitrogens with two attached hydrogens (primary N) is 1. The Bertz CT molecular complexity index is 997. The second-order valence-electron chi connectivity index (χ2n) is 8.88. The zero-order chi connectivity index (χ0) is 22.6. The van der Waals surface area contributed by atoms with Gasteiger partial charge in [-0.3, -0.25) is 4.99 Å². The lowest BCUT2D eigenvalue weighted by atomic mass is 9.87. The smallest absolute Gasteiger partial charge is 0.193 e. The Kier molecular flexibility index (Phi) is 6.66. The van der Waals surface area contributed by atoms with Gasteiger partial charge in [0.25, 0.3) is 0 Å². The first kappa shape index (κ1) is 22.2. The average molecular weight is 436 g/mol. The van der Waals surface area contributed by atoms with Gasteiger partial charge < -0.3 is 20.7 Å². The molecule has 0 radical (unpaired) electrons. The topological polar surface area (TPSA) is 104 Å². The van der Waals surface area contributed by atoms with Gasteiger partial charge in [-0.2, -0.15) is 10.4 Å². The standard InChI is InChI=1S/C24H33N7O/c1-3-27-23(30-13-10-24(16-30)11-14-32-17-24)28-12-4-5-21-20(15-25)22(26)31(29-21)19-8-6-18(2)7-9-19/h6-9H,3-5,10-14,16-17,26H2,1-2H3,(H,27,28). The number of anilines is 1. The number of rotatable bonds is 6. The summed E-state index contributed by atoms with van der Waals surface area (Å²) in [5.74, 6) is 1.37. The van der Waals surface area contributed by atoms with Crippen LogP contribution in [0.2, 0.25) is 0 Å². The van der Waals surface area contributed by atoms with Crippen LogP contribution in [0.25, 0.3) is 5.69 Å². The molecule has 4 rings (SSSR count). The maximum absolute atomic E-state index is 9.63.